The highest BCUT2D eigenvalue weighted by Gasteiger charge is 2.39. The van der Waals surface area contributed by atoms with Crippen LogP contribution in [0, 0.1) is 5.82 Å². The zero-order valence-electron chi connectivity index (χ0n) is 11.0. The van der Waals surface area contributed by atoms with Crippen LogP contribution in [0.1, 0.15) is 18.4 Å². The van der Waals surface area contributed by atoms with Crippen molar-refractivity contribution in [3.05, 3.63) is 35.6 Å². The van der Waals surface area contributed by atoms with Crippen LogP contribution in [0.2, 0.25) is 0 Å². The van der Waals surface area contributed by atoms with Crippen molar-refractivity contribution in [3.63, 3.8) is 0 Å². The molecule has 0 spiro atoms. The van der Waals surface area contributed by atoms with Crippen molar-refractivity contribution < 1.29 is 13.9 Å². The second-order valence-corrected chi connectivity index (χ2v) is 4.72. The van der Waals surface area contributed by atoms with Crippen molar-refractivity contribution in [2.24, 2.45) is 0 Å². The number of carbonyl (C=O) groups excluding carboxylic acids is 1. The molecular formula is C14H19FN2O2. The fraction of sp³-hybridized carbons (Fsp3) is 0.500. The van der Waals surface area contributed by atoms with Gasteiger partial charge in [0.1, 0.15) is 11.4 Å². The van der Waals surface area contributed by atoms with Crippen molar-refractivity contribution in [1.29, 1.82) is 0 Å². The molecule has 1 fully saturated rings. The van der Waals surface area contributed by atoms with E-state index in [0.29, 0.717) is 18.4 Å². The fourth-order valence-corrected chi connectivity index (χ4v) is 2.33. The minimum Gasteiger partial charge on any atom is -0.368 e. The van der Waals surface area contributed by atoms with Gasteiger partial charge >= 0.3 is 0 Å². The van der Waals surface area contributed by atoms with Gasteiger partial charge in [0.05, 0.1) is 0 Å². The fourth-order valence-electron chi connectivity index (χ4n) is 2.33. The van der Waals surface area contributed by atoms with E-state index >= 15 is 0 Å². The first kappa shape index (κ1) is 14.0. The summed E-state index contributed by atoms with van der Waals surface area (Å²) in [7, 11) is 1.55. The number of benzene rings is 1. The molecule has 4 nitrogen and oxygen atoms in total. The van der Waals surface area contributed by atoms with E-state index in [1.54, 1.807) is 25.3 Å². The van der Waals surface area contributed by atoms with Crippen molar-refractivity contribution in [3.8, 4) is 0 Å². The van der Waals surface area contributed by atoms with Crippen molar-refractivity contribution in [1.82, 2.24) is 10.6 Å². The molecule has 0 radical (unpaired) electrons. The number of hydrogen-bond donors (Lipinski definition) is 2. The average molecular weight is 266 g/mol. The molecule has 1 aromatic rings. The molecule has 2 N–H and O–H groups in total. The van der Waals surface area contributed by atoms with Gasteiger partial charge in [-0.2, -0.15) is 0 Å². The molecule has 0 bridgehead atoms. The lowest BCUT2D eigenvalue weighted by Gasteiger charge is -2.34. The Kier molecular flexibility index (Phi) is 4.50. The molecule has 1 aromatic carbocycles. The van der Waals surface area contributed by atoms with Gasteiger partial charge in [0.2, 0.25) is 0 Å². The highest BCUT2D eigenvalue weighted by Crippen LogP contribution is 2.22. The van der Waals surface area contributed by atoms with Crippen molar-refractivity contribution >= 4 is 5.91 Å². The minimum absolute atomic E-state index is 0.167. The Labute approximate surface area is 112 Å². The van der Waals surface area contributed by atoms with Crippen LogP contribution >= 0.6 is 0 Å². The molecule has 1 saturated heterocycles. The van der Waals surface area contributed by atoms with Crippen LogP contribution in [0.3, 0.4) is 0 Å². The summed E-state index contributed by atoms with van der Waals surface area (Å²) in [5.74, 6) is -0.473. The third-order valence-corrected chi connectivity index (χ3v) is 3.61. The lowest BCUT2D eigenvalue weighted by molar-refractivity contribution is -0.146. The zero-order chi connectivity index (χ0) is 13.7. The number of rotatable bonds is 4. The molecule has 104 valence electrons. The quantitative estimate of drug-likeness (QED) is 0.861. The van der Waals surface area contributed by atoms with Gasteiger partial charge in [-0.1, -0.05) is 18.2 Å². The molecular weight excluding hydrogens is 247 g/mol. The second kappa shape index (κ2) is 6.12. The Bertz CT molecular complexity index is 445. The maximum Gasteiger partial charge on any atom is 0.252 e. The smallest absolute Gasteiger partial charge is 0.252 e. The topological polar surface area (TPSA) is 50.4 Å². The predicted molar refractivity (Wildman–Crippen MR) is 70.1 cm³/mol. The Balaban J connectivity index is 1.98. The monoisotopic (exact) mass is 266 g/mol. The van der Waals surface area contributed by atoms with Crippen LogP contribution in [0.15, 0.2) is 24.3 Å². The standard InChI is InChI=1S/C14H19FN2O2/c1-19-14(6-8-16-9-7-14)13(18)17-10-11-4-2-3-5-12(11)15/h2-5,16H,6-10H2,1H3,(H,17,18). The molecule has 2 rings (SSSR count). The molecule has 1 aliphatic heterocycles. The Morgan fingerprint density at radius 3 is 2.74 bits per heavy atom. The first-order chi connectivity index (χ1) is 9.18. The number of ether oxygens (including phenoxy) is 1. The van der Waals surface area contributed by atoms with E-state index in [4.69, 9.17) is 4.74 Å². The largest absolute Gasteiger partial charge is 0.368 e. The van der Waals surface area contributed by atoms with Crippen molar-refractivity contribution in [2.45, 2.75) is 25.0 Å². The maximum absolute atomic E-state index is 13.5. The lowest BCUT2D eigenvalue weighted by atomic mass is 9.91. The van der Waals surface area contributed by atoms with E-state index in [-0.39, 0.29) is 18.3 Å². The molecule has 1 heterocycles. The Morgan fingerprint density at radius 2 is 2.11 bits per heavy atom. The third-order valence-electron chi connectivity index (χ3n) is 3.61. The van der Waals surface area contributed by atoms with E-state index in [1.807, 2.05) is 0 Å². The molecule has 5 heteroatoms. The van der Waals surface area contributed by atoms with Crippen LogP contribution in [0.4, 0.5) is 4.39 Å². The number of halogens is 1. The third kappa shape index (κ3) is 3.11. The molecule has 0 atom stereocenters. The summed E-state index contributed by atoms with van der Waals surface area (Å²) in [6, 6.07) is 6.43. The molecule has 1 amide bonds. The Hall–Kier alpha value is -1.46. The van der Waals surface area contributed by atoms with Gasteiger partial charge in [-0.05, 0) is 32.0 Å². The van der Waals surface area contributed by atoms with E-state index in [2.05, 4.69) is 10.6 Å². The first-order valence-electron chi connectivity index (χ1n) is 6.45. The molecule has 0 saturated carbocycles. The molecule has 0 unspecified atom stereocenters. The second-order valence-electron chi connectivity index (χ2n) is 4.72. The zero-order valence-corrected chi connectivity index (χ0v) is 11.0. The summed E-state index contributed by atoms with van der Waals surface area (Å²) < 4.78 is 18.9. The molecule has 0 aliphatic carbocycles. The van der Waals surface area contributed by atoms with E-state index in [9.17, 15) is 9.18 Å². The normalized spacial score (nSPS) is 18.0. The van der Waals surface area contributed by atoms with E-state index in [0.717, 1.165) is 13.1 Å². The van der Waals surface area contributed by atoms with Crippen LogP contribution in [0.5, 0.6) is 0 Å². The van der Waals surface area contributed by atoms with Gasteiger partial charge in [-0.25, -0.2) is 4.39 Å². The summed E-state index contributed by atoms with van der Waals surface area (Å²) >= 11 is 0. The van der Waals surface area contributed by atoms with Crippen LogP contribution in [-0.2, 0) is 16.1 Å². The Morgan fingerprint density at radius 1 is 1.42 bits per heavy atom. The summed E-state index contributed by atoms with van der Waals surface area (Å²) in [6.07, 6.45) is 1.26. The van der Waals surface area contributed by atoms with Crippen LogP contribution in [0.25, 0.3) is 0 Å². The molecule has 0 aromatic heterocycles. The van der Waals surface area contributed by atoms with Gasteiger partial charge in [-0.15, -0.1) is 0 Å². The van der Waals surface area contributed by atoms with Gasteiger partial charge < -0.3 is 15.4 Å². The molecule has 19 heavy (non-hydrogen) atoms. The van der Waals surface area contributed by atoms with E-state index in [1.165, 1.54) is 6.07 Å². The summed E-state index contributed by atoms with van der Waals surface area (Å²) in [6.45, 7) is 1.69. The number of carbonyl (C=O) groups is 1. The highest BCUT2D eigenvalue weighted by atomic mass is 19.1. The maximum atomic E-state index is 13.5. The van der Waals surface area contributed by atoms with E-state index < -0.39 is 5.60 Å². The molecule has 1 aliphatic rings. The average Bonchev–Trinajstić information content (AvgIpc) is 2.46. The number of amides is 1. The van der Waals surface area contributed by atoms with Gasteiger partial charge in [0, 0.05) is 19.2 Å². The first-order valence-corrected chi connectivity index (χ1v) is 6.45. The minimum atomic E-state index is -0.781. The lowest BCUT2D eigenvalue weighted by Crippen LogP contribution is -2.53. The predicted octanol–water partition coefficient (Wildman–Crippen LogP) is 1.21. The van der Waals surface area contributed by atoms with Crippen LogP contribution in [-0.4, -0.2) is 31.7 Å². The van der Waals surface area contributed by atoms with Gasteiger partial charge in [-0.3, -0.25) is 4.79 Å². The number of nitrogens with one attached hydrogen (secondary N) is 2. The van der Waals surface area contributed by atoms with Crippen LogP contribution < -0.4 is 10.6 Å². The number of methoxy groups -OCH3 is 1. The van der Waals surface area contributed by atoms with Crippen molar-refractivity contribution in [2.75, 3.05) is 20.2 Å². The summed E-state index contributed by atoms with van der Waals surface area (Å²) in [5.41, 5.74) is -0.299. The summed E-state index contributed by atoms with van der Waals surface area (Å²) in [4.78, 5) is 12.2. The SMILES string of the molecule is COC1(C(=O)NCc2ccccc2F)CCNCC1. The van der Waals surface area contributed by atoms with Gasteiger partial charge in [0.15, 0.2) is 0 Å². The summed E-state index contributed by atoms with van der Waals surface area (Å²) in [5, 5.41) is 5.96. The van der Waals surface area contributed by atoms with Gasteiger partial charge in [0.25, 0.3) is 5.91 Å². The number of hydrogen-bond acceptors (Lipinski definition) is 3. The highest BCUT2D eigenvalue weighted by molar-refractivity contribution is 5.85. The number of piperidine rings is 1.